The van der Waals surface area contributed by atoms with E-state index >= 15 is 0 Å². The van der Waals surface area contributed by atoms with Crippen LogP contribution < -0.4 is 5.56 Å². The van der Waals surface area contributed by atoms with Crippen LogP contribution in [-0.4, -0.2) is 9.55 Å². The minimum Gasteiger partial charge on any atom is -0.296 e. The average molecular weight is 244 g/mol. The van der Waals surface area contributed by atoms with Crippen LogP contribution >= 0.6 is 0 Å². The number of rotatable bonds is 5. The first kappa shape index (κ1) is 12.8. The monoisotopic (exact) mass is 244 g/mol. The quantitative estimate of drug-likeness (QED) is 0.809. The first-order valence-corrected chi connectivity index (χ1v) is 6.76. The van der Waals surface area contributed by atoms with Crippen molar-refractivity contribution in [2.24, 2.45) is 0 Å². The zero-order valence-corrected chi connectivity index (χ0v) is 11.1. The number of hydrogen-bond donors (Lipinski definition) is 0. The number of hydrogen-bond acceptors (Lipinski definition) is 2. The standard InChI is InChI=1S/C15H20N2O/c1-3-5-11-17-14(8-4-2)16-13-10-7-6-9-12(13)15(17)18/h6-7,9-10H,3-5,8,11H2,1-2H3. The van der Waals surface area contributed by atoms with Gasteiger partial charge in [0.1, 0.15) is 5.82 Å². The van der Waals surface area contributed by atoms with Crippen LogP contribution in [0.25, 0.3) is 10.9 Å². The fraction of sp³-hybridized carbons (Fsp3) is 0.467. The van der Waals surface area contributed by atoms with Crippen molar-refractivity contribution in [3.05, 3.63) is 40.4 Å². The predicted octanol–water partition coefficient (Wildman–Crippen LogP) is 3.15. The van der Waals surface area contributed by atoms with Crippen molar-refractivity contribution < 1.29 is 0 Å². The maximum absolute atomic E-state index is 12.5. The van der Waals surface area contributed by atoms with Crippen molar-refractivity contribution >= 4 is 10.9 Å². The Balaban J connectivity index is 2.59. The Hall–Kier alpha value is -1.64. The summed E-state index contributed by atoms with van der Waals surface area (Å²) < 4.78 is 1.86. The first-order valence-electron chi connectivity index (χ1n) is 6.76. The van der Waals surface area contributed by atoms with E-state index in [4.69, 9.17) is 0 Å². The van der Waals surface area contributed by atoms with Gasteiger partial charge in [0.2, 0.25) is 0 Å². The maximum atomic E-state index is 12.5. The molecule has 1 heterocycles. The molecule has 0 spiro atoms. The third kappa shape index (κ3) is 2.45. The lowest BCUT2D eigenvalue weighted by Crippen LogP contribution is -2.25. The third-order valence-corrected chi connectivity index (χ3v) is 3.15. The number of unbranched alkanes of at least 4 members (excludes halogenated alkanes) is 1. The van der Waals surface area contributed by atoms with E-state index in [9.17, 15) is 4.79 Å². The SMILES string of the molecule is CCCCn1c(CCC)nc2ccccc2c1=O. The van der Waals surface area contributed by atoms with Crippen LogP contribution in [0.3, 0.4) is 0 Å². The van der Waals surface area contributed by atoms with E-state index in [0.717, 1.165) is 49.0 Å². The molecule has 0 atom stereocenters. The van der Waals surface area contributed by atoms with Gasteiger partial charge in [0, 0.05) is 13.0 Å². The molecule has 3 nitrogen and oxygen atoms in total. The van der Waals surface area contributed by atoms with Crippen molar-refractivity contribution in [2.45, 2.75) is 46.1 Å². The fourth-order valence-corrected chi connectivity index (χ4v) is 2.18. The van der Waals surface area contributed by atoms with E-state index in [2.05, 4.69) is 18.8 Å². The van der Waals surface area contributed by atoms with E-state index in [-0.39, 0.29) is 5.56 Å². The number of nitrogens with zero attached hydrogens (tertiary/aromatic N) is 2. The molecule has 1 aromatic carbocycles. The highest BCUT2D eigenvalue weighted by molar-refractivity contribution is 5.77. The van der Waals surface area contributed by atoms with Gasteiger partial charge in [-0.3, -0.25) is 9.36 Å². The van der Waals surface area contributed by atoms with Crippen LogP contribution in [0.2, 0.25) is 0 Å². The van der Waals surface area contributed by atoms with Gasteiger partial charge < -0.3 is 0 Å². The van der Waals surface area contributed by atoms with Crippen LogP contribution in [0, 0.1) is 0 Å². The van der Waals surface area contributed by atoms with Gasteiger partial charge in [-0.15, -0.1) is 0 Å². The second kappa shape index (κ2) is 5.80. The van der Waals surface area contributed by atoms with Crippen LogP contribution in [0.5, 0.6) is 0 Å². The van der Waals surface area contributed by atoms with Gasteiger partial charge in [-0.1, -0.05) is 32.4 Å². The normalized spacial score (nSPS) is 11.0. The average Bonchev–Trinajstić information content (AvgIpc) is 2.39. The summed E-state index contributed by atoms with van der Waals surface area (Å²) in [5, 5.41) is 0.730. The van der Waals surface area contributed by atoms with E-state index in [1.54, 1.807) is 0 Å². The summed E-state index contributed by atoms with van der Waals surface area (Å²) in [6.07, 6.45) is 3.99. The van der Waals surface area contributed by atoms with Crippen molar-refractivity contribution in [2.75, 3.05) is 0 Å². The van der Waals surface area contributed by atoms with E-state index in [1.165, 1.54) is 0 Å². The molecule has 96 valence electrons. The topological polar surface area (TPSA) is 34.9 Å². The third-order valence-electron chi connectivity index (χ3n) is 3.15. The highest BCUT2D eigenvalue weighted by atomic mass is 16.1. The highest BCUT2D eigenvalue weighted by Gasteiger charge is 2.09. The number of aryl methyl sites for hydroxylation is 1. The van der Waals surface area contributed by atoms with Gasteiger partial charge in [-0.2, -0.15) is 0 Å². The Bertz CT molecular complexity index is 587. The molecule has 0 bridgehead atoms. The molecule has 0 radical (unpaired) electrons. The molecule has 3 heteroatoms. The van der Waals surface area contributed by atoms with Gasteiger partial charge in [0.15, 0.2) is 0 Å². The Morgan fingerprint density at radius 3 is 2.67 bits per heavy atom. The zero-order chi connectivity index (χ0) is 13.0. The lowest BCUT2D eigenvalue weighted by molar-refractivity contribution is 0.572. The molecular weight excluding hydrogens is 224 g/mol. The Morgan fingerprint density at radius 1 is 1.17 bits per heavy atom. The molecule has 0 amide bonds. The molecule has 0 aliphatic rings. The van der Waals surface area contributed by atoms with Crippen LogP contribution in [0.4, 0.5) is 0 Å². The van der Waals surface area contributed by atoms with Gasteiger partial charge in [0.25, 0.3) is 5.56 Å². The molecule has 0 aliphatic carbocycles. The van der Waals surface area contributed by atoms with E-state index < -0.39 is 0 Å². The minimum absolute atomic E-state index is 0.109. The second-order valence-electron chi connectivity index (χ2n) is 4.61. The summed E-state index contributed by atoms with van der Waals surface area (Å²) in [4.78, 5) is 17.1. The molecular formula is C15H20N2O. The Labute approximate surface area is 107 Å². The van der Waals surface area contributed by atoms with Crippen LogP contribution in [0.1, 0.15) is 38.9 Å². The van der Waals surface area contributed by atoms with Crippen molar-refractivity contribution in [1.29, 1.82) is 0 Å². The summed E-state index contributed by atoms with van der Waals surface area (Å²) in [7, 11) is 0. The number of benzene rings is 1. The smallest absolute Gasteiger partial charge is 0.261 e. The largest absolute Gasteiger partial charge is 0.296 e. The van der Waals surface area contributed by atoms with Gasteiger partial charge in [-0.25, -0.2) is 4.98 Å². The van der Waals surface area contributed by atoms with E-state index in [1.807, 2.05) is 28.8 Å². The summed E-state index contributed by atoms with van der Waals surface area (Å²) >= 11 is 0. The summed E-state index contributed by atoms with van der Waals surface area (Å²) in [6, 6.07) is 7.61. The molecule has 1 aromatic heterocycles. The molecule has 0 fully saturated rings. The molecule has 0 saturated carbocycles. The van der Waals surface area contributed by atoms with Crippen molar-refractivity contribution in [3.8, 4) is 0 Å². The van der Waals surface area contributed by atoms with Crippen LogP contribution in [0.15, 0.2) is 29.1 Å². The molecule has 18 heavy (non-hydrogen) atoms. The van der Waals surface area contributed by atoms with Gasteiger partial charge in [-0.05, 0) is 25.0 Å². The van der Waals surface area contributed by atoms with Gasteiger partial charge in [0.05, 0.1) is 10.9 Å². The van der Waals surface area contributed by atoms with E-state index in [0.29, 0.717) is 0 Å². The van der Waals surface area contributed by atoms with Crippen molar-refractivity contribution in [1.82, 2.24) is 9.55 Å². The summed E-state index contributed by atoms with van der Waals surface area (Å²) in [5.74, 6) is 0.926. The molecule has 0 unspecified atom stereocenters. The molecule has 2 aromatic rings. The predicted molar refractivity (Wildman–Crippen MR) is 74.9 cm³/mol. The summed E-state index contributed by atoms with van der Waals surface area (Å²) in [5.41, 5.74) is 0.927. The number of para-hydroxylation sites is 1. The fourth-order valence-electron chi connectivity index (χ4n) is 2.18. The molecule has 0 aliphatic heterocycles. The lowest BCUT2D eigenvalue weighted by atomic mass is 10.2. The summed E-state index contributed by atoms with van der Waals surface area (Å²) in [6.45, 7) is 5.03. The first-order chi connectivity index (χ1) is 8.77. The number of aromatic nitrogens is 2. The second-order valence-corrected chi connectivity index (χ2v) is 4.61. The minimum atomic E-state index is 0.109. The molecule has 0 N–H and O–H groups in total. The molecule has 0 saturated heterocycles. The molecule has 2 rings (SSSR count). The van der Waals surface area contributed by atoms with Crippen molar-refractivity contribution in [3.63, 3.8) is 0 Å². The Morgan fingerprint density at radius 2 is 1.94 bits per heavy atom. The maximum Gasteiger partial charge on any atom is 0.261 e. The van der Waals surface area contributed by atoms with Gasteiger partial charge >= 0.3 is 0 Å². The van der Waals surface area contributed by atoms with Crippen LogP contribution in [-0.2, 0) is 13.0 Å². The lowest BCUT2D eigenvalue weighted by Gasteiger charge is -2.12. The zero-order valence-electron chi connectivity index (χ0n) is 11.1. The number of fused-ring (bicyclic) bond motifs is 1. The highest BCUT2D eigenvalue weighted by Crippen LogP contribution is 2.10. The Kier molecular flexibility index (Phi) is 4.13.